The van der Waals surface area contributed by atoms with Gasteiger partial charge in [-0.2, -0.15) is 0 Å². The fraction of sp³-hybridized carbons (Fsp3) is 0.259. The normalized spacial score (nSPS) is 19.5. The van der Waals surface area contributed by atoms with Crippen LogP contribution in [0, 0.1) is 6.92 Å². The highest BCUT2D eigenvalue weighted by atomic mass is 35.5. The Balaban J connectivity index is 1.47. The van der Waals surface area contributed by atoms with Crippen LogP contribution in [0.5, 0.6) is 0 Å². The molecule has 0 N–H and O–H groups in total. The lowest BCUT2D eigenvalue weighted by Gasteiger charge is -2.30. The Hall–Kier alpha value is -2.47. The fourth-order valence-electron chi connectivity index (χ4n) is 4.35. The van der Waals surface area contributed by atoms with Gasteiger partial charge in [0.05, 0.1) is 15.6 Å². The zero-order valence-corrected chi connectivity index (χ0v) is 21.1. The molecule has 1 aromatic heterocycles. The van der Waals surface area contributed by atoms with Gasteiger partial charge < -0.3 is 4.42 Å². The zero-order chi connectivity index (χ0) is 23.7. The summed E-state index contributed by atoms with van der Waals surface area (Å²) >= 11 is 13.9. The number of furan rings is 1. The van der Waals surface area contributed by atoms with Crippen LogP contribution in [-0.2, 0) is 4.79 Å². The number of aryl methyl sites for hydroxylation is 1. The lowest BCUT2D eigenvalue weighted by atomic mass is 9.94. The number of hydrogen-bond donors (Lipinski definition) is 0. The second-order valence-electron chi connectivity index (χ2n) is 8.63. The first kappa shape index (κ1) is 23.3. The third-order valence-corrected chi connectivity index (χ3v) is 7.68. The van der Waals surface area contributed by atoms with E-state index in [1.54, 1.807) is 24.3 Å². The molecule has 5 rings (SSSR count). The summed E-state index contributed by atoms with van der Waals surface area (Å²) in [5, 5.41) is 1.87. The average molecular weight is 511 g/mol. The topological polar surface area (TPSA) is 45.8 Å². The molecule has 0 spiro atoms. The molecule has 3 aromatic rings. The van der Waals surface area contributed by atoms with E-state index in [1.807, 2.05) is 48.2 Å². The van der Waals surface area contributed by atoms with E-state index in [1.165, 1.54) is 23.7 Å². The van der Waals surface area contributed by atoms with Crippen LogP contribution in [0.2, 0.25) is 10.0 Å². The van der Waals surface area contributed by atoms with E-state index in [-0.39, 0.29) is 11.9 Å². The highest BCUT2D eigenvalue weighted by molar-refractivity contribution is 8.18. The Labute approximate surface area is 213 Å². The van der Waals surface area contributed by atoms with Gasteiger partial charge in [-0.15, -0.1) is 0 Å². The van der Waals surface area contributed by atoms with Crippen molar-refractivity contribution >= 4 is 57.8 Å². The van der Waals surface area contributed by atoms with E-state index in [0.29, 0.717) is 26.5 Å². The van der Waals surface area contributed by atoms with Gasteiger partial charge in [-0.05, 0) is 74.0 Å². The van der Waals surface area contributed by atoms with Gasteiger partial charge in [-0.1, -0.05) is 60.2 Å². The summed E-state index contributed by atoms with van der Waals surface area (Å²) in [5.74, 6) is 1.18. The lowest BCUT2D eigenvalue weighted by molar-refractivity contribution is -0.124. The molecule has 2 aliphatic rings. The Morgan fingerprint density at radius 1 is 1.03 bits per heavy atom. The van der Waals surface area contributed by atoms with Crippen molar-refractivity contribution < 1.29 is 9.21 Å². The SMILES string of the molecule is Cc1ccc(N=C2S/C(=C/c3ccc(-c4cc(Cl)ccc4Cl)o3)C(=O)N2C2CCCCC2)cc1. The highest BCUT2D eigenvalue weighted by Gasteiger charge is 2.38. The van der Waals surface area contributed by atoms with E-state index >= 15 is 0 Å². The Morgan fingerprint density at radius 3 is 2.56 bits per heavy atom. The molecule has 0 atom stereocenters. The van der Waals surface area contributed by atoms with Crippen molar-refractivity contribution in [1.29, 1.82) is 0 Å². The number of benzene rings is 2. The number of amidine groups is 1. The van der Waals surface area contributed by atoms with Crippen molar-refractivity contribution in [3.05, 3.63) is 80.9 Å². The molecule has 2 fully saturated rings. The van der Waals surface area contributed by atoms with E-state index in [0.717, 1.165) is 42.1 Å². The number of thioether (sulfide) groups is 1. The van der Waals surface area contributed by atoms with Crippen molar-refractivity contribution in [3.8, 4) is 11.3 Å². The fourth-order valence-corrected chi connectivity index (χ4v) is 5.77. The molecule has 1 saturated heterocycles. The first-order valence-electron chi connectivity index (χ1n) is 11.4. The molecule has 0 radical (unpaired) electrons. The summed E-state index contributed by atoms with van der Waals surface area (Å²) in [6, 6.07) is 17.2. The van der Waals surface area contributed by atoms with Crippen LogP contribution in [0.15, 0.2) is 68.9 Å². The smallest absolute Gasteiger partial charge is 0.267 e. The summed E-state index contributed by atoms with van der Waals surface area (Å²) in [6.45, 7) is 2.05. The minimum Gasteiger partial charge on any atom is -0.457 e. The van der Waals surface area contributed by atoms with Gasteiger partial charge in [-0.3, -0.25) is 9.69 Å². The lowest BCUT2D eigenvalue weighted by Crippen LogP contribution is -2.40. The number of amides is 1. The summed E-state index contributed by atoms with van der Waals surface area (Å²) < 4.78 is 6.02. The molecule has 7 heteroatoms. The van der Waals surface area contributed by atoms with Gasteiger partial charge in [0.15, 0.2) is 5.17 Å². The standard InChI is InChI=1S/C27H24Cl2N2O2S/c1-17-7-10-19(11-8-17)30-27-31(20-5-3-2-4-6-20)26(32)25(34-27)16-21-12-14-24(33-21)22-15-18(28)9-13-23(22)29/h7-16,20H,2-6H2,1H3/b25-16+,30-27?. The predicted octanol–water partition coefficient (Wildman–Crippen LogP) is 8.50. The van der Waals surface area contributed by atoms with Crippen molar-refractivity contribution in [2.24, 2.45) is 4.99 Å². The minimum atomic E-state index is -0.0125. The maximum absolute atomic E-state index is 13.5. The number of rotatable bonds is 4. The van der Waals surface area contributed by atoms with Crippen LogP contribution in [0.3, 0.4) is 0 Å². The van der Waals surface area contributed by atoms with Crippen LogP contribution >= 0.6 is 35.0 Å². The second kappa shape index (κ2) is 10.0. The molecule has 1 amide bonds. The maximum Gasteiger partial charge on any atom is 0.267 e. The van der Waals surface area contributed by atoms with E-state index in [2.05, 4.69) is 0 Å². The number of halogens is 2. The van der Waals surface area contributed by atoms with Crippen LogP contribution in [-0.4, -0.2) is 22.0 Å². The summed E-state index contributed by atoms with van der Waals surface area (Å²) in [7, 11) is 0. The largest absolute Gasteiger partial charge is 0.457 e. The Kier molecular flexibility index (Phi) is 6.87. The molecule has 1 aliphatic carbocycles. The molecule has 2 aromatic carbocycles. The van der Waals surface area contributed by atoms with Gasteiger partial charge >= 0.3 is 0 Å². The quantitative estimate of drug-likeness (QED) is 0.330. The second-order valence-corrected chi connectivity index (χ2v) is 10.5. The number of carbonyl (C=O) groups is 1. The molecular formula is C27H24Cl2N2O2S. The molecule has 4 nitrogen and oxygen atoms in total. The first-order chi connectivity index (χ1) is 16.5. The molecule has 2 heterocycles. The van der Waals surface area contributed by atoms with Gasteiger partial charge in [0, 0.05) is 22.7 Å². The number of aliphatic imine (C=N–C) groups is 1. The number of nitrogens with zero attached hydrogens (tertiary/aromatic N) is 2. The average Bonchev–Trinajstić information content (AvgIpc) is 3.42. The molecule has 34 heavy (non-hydrogen) atoms. The Morgan fingerprint density at radius 2 is 1.79 bits per heavy atom. The maximum atomic E-state index is 13.5. The molecular weight excluding hydrogens is 487 g/mol. The predicted molar refractivity (Wildman–Crippen MR) is 142 cm³/mol. The van der Waals surface area contributed by atoms with Crippen molar-refractivity contribution in [1.82, 2.24) is 4.90 Å². The highest BCUT2D eigenvalue weighted by Crippen LogP contribution is 2.39. The molecule has 174 valence electrons. The Bertz CT molecular complexity index is 1270. The first-order valence-corrected chi connectivity index (χ1v) is 13.0. The number of carbonyl (C=O) groups excluding carboxylic acids is 1. The van der Waals surface area contributed by atoms with Crippen LogP contribution in [0.4, 0.5) is 5.69 Å². The third-order valence-electron chi connectivity index (χ3n) is 6.13. The van der Waals surface area contributed by atoms with Gasteiger partial charge in [0.1, 0.15) is 11.5 Å². The summed E-state index contributed by atoms with van der Waals surface area (Å²) in [4.78, 5) is 20.9. The van der Waals surface area contributed by atoms with Crippen LogP contribution in [0.1, 0.15) is 43.4 Å². The molecule has 1 saturated carbocycles. The van der Waals surface area contributed by atoms with Crippen molar-refractivity contribution in [2.75, 3.05) is 0 Å². The van der Waals surface area contributed by atoms with Crippen molar-refractivity contribution in [2.45, 2.75) is 45.1 Å². The monoisotopic (exact) mass is 510 g/mol. The number of hydrogen-bond acceptors (Lipinski definition) is 4. The van der Waals surface area contributed by atoms with E-state index in [4.69, 9.17) is 32.6 Å². The van der Waals surface area contributed by atoms with E-state index < -0.39 is 0 Å². The van der Waals surface area contributed by atoms with Crippen molar-refractivity contribution in [3.63, 3.8) is 0 Å². The van der Waals surface area contributed by atoms with Crippen LogP contribution < -0.4 is 0 Å². The van der Waals surface area contributed by atoms with Gasteiger partial charge in [-0.25, -0.2) is 4.99 Å². The summed E-state index contributed by atoms with van der Waals surface area (Å²) in [5.41, 5.74) is 2.74. The molecule has 0 bridgehead atoms. The van der Waals surface area contributed by atoms with E-state index in [9.17, 15) is 4.79 Å². The molecule has 1 aliphatic heterocycles. The van der Waals surface area contributed by atoms with Crippen LogP contribution in [0.25, 0.3) is 17.4 Å². The zero-order valence-electron chi connectivity index (χ0n) is 18.8. The third kappa shape index (κ3) is 4.97. The minimum absolute atomic E-state index is 0.0125. The summed E-state index contributed by atoms with van der Waals surface area (Å²) in [6.07, 6.45) is 7.30. The van der Waals surface area contributed by atoms with Gasteiger partial charge in [0.2, 0.25) is 0 Å². The van der Waals surface area contributed by atoms with Gasteiger partial charge in [0.25, 0.3) is 5.91 Å². The molecule has 0 unspecified atom stereocenters.